The van der Waals surface area contributed by atoms with E-state index >= 15 is 0 Å². The van der Waals surface area contributed by atoms with Crippen molar-refractivity contribution < 1.29 is 18.3 Å². The van der Waals surface area contributed by atoms with Crippen LogP contribution in [0.2, 0.25) is 5.15 Å². The quantitative estimate of drug-likeness (QED) is 0.785. The first kappa shape index (κ1) is 14.9. The fraction of sp³-hybridized carbons (Fsp3) is 0.500. The van der Waals surface area contributed by atoms with Gasteiger partial charge in [-0.1, -0.05) is 11.6 Å². The maximum atomic E-state index is 12.1. The van der Waals surface area contributed by atoms with Crippen LogP contribution in [0.15, 0.2) is 12.3 Å². The molecule has 20 heavy (non-hydrogen) atoms. The van der Waals surface area contributed by atoms with Crippen molar-refractivity contribution in [2.45, 2.75) is 12.8 Å². The van der Waals surface area contributed by atoms with E-state index in [1.54, 1.807) is 0 Å². The Kier molecular flexibility index (Phi) is 4.41. The Morgan fingerprint density at radius 1 is 1.45 bits per heavy atom. The van der Waals surface area contributed by atoms with Gasteiger partial charge in [0.1, 0.15) is 5.15 Å². The van der Waals surface area contributed by atoms with Crippen molar-refractivity contribution in [2.24, 2.45) is 5.92 Å². The zero-order chi connectivity index (χ0) is 14.8. The van der Waals surface area contributed by atoms with Crippen LogP contribution in [0.25, 0.3) is 0 Å². The van der Waals surface area contributed by atoms with Gasteiger partial charge in [-0.25, -0.2) is 14.7 Å². The molecule has 1 fully saturated rings. The normalized spacial score (nSPS) is 17.9. The number of hydrogen-bond donors (Lipinski definition) is 2. The van der Waals surface area contributed by atoms with Gasteiger partial charge in [-0.2, -0.15) is 12.7 Å². The van der Waals surface area contributed by atoms with Gasteiger partial charge in [0.2, 0.25) is 5.95 Å². The van der Waals surface area contributed by atoms with Gasteiger partial charge in [0.15, 0.2) is 0 Å². The highest BCUT2D eigenvalue weighted by molar-refractivity contribution is 7.90. The molecule has 110 valence electrons. The Hall–Kier alpha value is -1.45. The largest absolute Gasteiger partial charge is 0.481 e. The second-order valence-electron chi connectivity index (χ2n) is 4.32. The number of carboxylic acid groups (broad SMARTS) is 1. The summed E-state index contributed by atoms with van der Waals surface area (Å²) < 4.78 is 27.6. The van der Waals surface area contributed by atoms with E-state index in [4.69, 9.17) is 16.7 Å². The summed E-state index contributed by atoms with van der Waals surface area (Å²) in [7, 11) is -3.80. The van der Waals surface area contributed by atoms with Gasteiger partial charge >= 0.3 is 16.2 Å². The van der Waals surface area contributed by atoms with E-state index in [-0.39, 0.29) is 37.0 Å². The maximum Gasteiger partial charge on any atom is 0.306 e. The Labute approximate surface area is 121 Å². The van der Waals surface area contributed by atoms with E-state index < -0.39 is 22.1 Å². The summed E-state index contributed by atoms with van der Waals surface area (Å²) in [6, 6.07) is 1.43. The molecule has 2 N–H and O–H groups in total. The van der Waals surface area contributed by atoms with Crippen LogP contribution in [-0.4, -0.2) is 46.9 Å². The third-order valence-electron chi connectivity index (χ3n) is 2.98. The number of hydrogen-bond acceptors (Lipinski definition) is 5. The minimum atomic E-state index is -3.80. The minimum Gasteiger partial charge on any atom is -0.481 e. The van der Waals surface area contributed by atoms with E-state index in [1.807, 2.05) is 0 Å². The molecule has 0 aliphatic carbocycles. The third-order valence-corrected chi connectivity index (χ3v) is 4.68. The molecule has 0 radical (unpaired) electrons. The smallest absolute Gasteiger partial charge is 0.306 e. The molecule has 1 aromatic heterocycles. The molecular weight excluding hydrogens is 308 g/mol. The lowest BCUT2D eigenvalue weighted by Gasteiger charge is -2.28. The number of carboxylic acids is 1. The molecule has 0 amide bonds. The van der Waals surface area contributed by atoms with E-state index in [0.29, 0.717) is 0 Å². The highest BCUT2D eigenvalue weighted by Gasteiger charge is 2.31. The number of anilines is 1. The van der Waals surface area contributed by atoms with E-state index in [0.717, 1.165) is 0 Å². The molecule has 0 spiro atoms. The first-order valence-electron chi connectivity index (χ1n) is 5.88. The number of piperidine rings is 1. The molecule has 1 aromatic rings. The Balaban J connectivity index is 2.03. The monoisotopic (exact) mass is 320 g/mol. The molecule has 2 heterocycles. The topological polar surface area (TPSA) is 112 Å². The van der Waals surface area contributed by atoms with Crippen molar-refractivity contribution in [2.75, 3.05) is 17.8 Å². The Bertz CT molecular complexity index is 601. The molecule has 0 bridgehead atoms. The molecule has 1 saturated heterocycles. The van der Waals surface area contributed by atoms with Crippen molar-refractivity contribution in [3.8, 4) is 0 Å². The number of nitrogens with one attached hydrogen (secondary N) is 1. The van der Waals surface area contributed by atoms with Crippen molar-refractivity contribution in [3.63, 3.8) is 0 Å². The standard InChI is InChI=1S/C10H13ClN4O4S/c11-8-1-4-12-10(13-8)14-20(18,19)15-5-2-7(3-6-15)9(16)17/h1,4,7H,2-3,5-6H2,(H,16,17)(H,12,13,14). The van der Waals surface area contributed by atoms with Gasteiger partial charge in [0.25, 0.3) is 0 Å². The SMILES string of the molecule is O=C(O)C1CCN(S(=O)(=O)Nc2nccc(Cl)n2)CC1. The lowest BCUT2D eigenvalue weighted by atomic mass is 9.99. The summed E-state index contributed by atoms with van der Waals surface area (Å²) in [4.78, 5) is 18.3. The first-order chi connectivity index (χ1) is 9.38. The summed E-state index contributed by atoms with van der Waals surface area (Å²) in [5, 5.41) is 9.00. The van der Waals surface area contributed by atoms with Crippen LogP contribution in [0.3, 0.4) is 0 Å². The fourth-order valence-electron chi connectivity index (χ4n) is 1.91. The average Bonchev–Trinajstić information content (AvgIpc) is 2.38. The van der Waals surface area contributed by atoms with Gasteiger partial charge in [-0.05, 0) is 18.9 Å². The molecular formula is C10H13ClN4O4S. The van der Waals surface area contributed by atoms with Gasteiger partial charge in [-0.3, -0.25) is 4.79 Å². The Morgan fingerprint density at radius 2 is 2.10 bits per heavy atom. The summed E-state index contributed by atoms with van der Waals surface area (Å²) in [6.07, 6.45) is 1.91. The summed E-state index contributed by atoms with van der Waals surface area (Å²) in [6.45, 7) is 0.291. The molecule has 10 heteroatoms. The number of aliphatic carboxylic acids is 1. The number of carbonyl (C=O) groups is 1. The number of nitrogens with zero attached hydrogens (tertiary/aromatic N) is 3. The highest BCUT2D eigenvalue weighted by atomic mass is 35.5. The summed E-state index contributed by atoms with van der Waals surface area (Å²) in [5.74, 6) is -1.50. The van der Waals surface area contributed by atoms with E-state index in [2.05, 4.69) is 14.7 Å². The molecule has 0 aromatic carbocycles. The molecule has 8 nitrogen and oxygen atoms in total. The second kappa shape index (κ2) is 5.90. The van der Waals surface area contributed by atoms with Crippen LogP contribution >= 0.6 is 11.6 Å². The van der Waals surface area contributed by atoms with Crippen LogP contribution in [0, 0.1) is 5.92 Å². The first-order valence-corrected chi connectivity index (χ1v) is 7.69. The van der Waals surface area contributed by atoms with Gasteiger partial charge in [-0.15, -0.1) is 0 Å². The van der Waals surface area contributed by atoms with Crippen LogP contribution < -0.4 is 4.72 Å². The molecule has 1 aliphatic rings. The van der Waals surface area contributed by atoms with E-state index in [1.165, 1.54) is 16.6 Å². The number of rotatable bonds is 4. The summed E-state index contributed by atoms with van der Waals surface area (Å²) >= 11 is 5.65. The second-order valence-corrected chi connectivity index (χ2v) is 6.38. The Morgan fingerprint density at radius 3 is 2.65 bits per heavy atom. The number of aromatic nitrogens is 2. The van der Waals surface area contributed by atoms with Crippen LogP contribution in [0.5, 0.6) is 0 Å². The van der Waals surface area contributed by atoms with Crippen molar-refractivity contribution in [3.05, 3.63) is 17.4 Å². The number of halogens is 1. The van der Waals surface area contributed by atoms with Crippen LogP contribution in [-0.2, 0) is 15.0 Å². The zero-order valence-corrected chi connectivity index (χ0v) is 11.9. The maximum absolute atomic E-state index is 12.1. The minimum absolute atomic E-state index is 0.113. The van der Waals surface area contributed by atoms with Crippen molar-refractivity contribution >= 4 is 33.7 Å². The van der Waals surface area contributed by atoms with Crippen LogP contribution in [0.4, 0.5) is 5.95 Å². The predicted octanol–water partition coefficient (Wildman–Crippen LogP) is 0.583. The van der Waals surface area contributed by atoms with Crippen LogP contribution in [0.1, 0.15) is 12.8 Å². The molecule has 2 rings (SSSR count). The van der Waals surface area contributed by atoms with Gasteiger partial charge in [0, 0.05) is 19.3 Å². The van der Waals surface area contributed by atoms with Crippen molar-refractivity contribution in [1.82, 2.24) is 14.3 Å². The summed E-state index contributed by atoms with van der Waals surface area (Å²) in [5.41, 5.74) is 0. The molecule has 0 atom stereocenters. The lowest BCUT2D eigenvalue weighted by Crippen LogP contribution is -2.43. The molecule has 0 saturated carbocycles. The zero-order valence-electron chi connectivity index (χ0n) is 10.4. The lowest BCUT2D eigenvalue weighted by molar-refractivity contribution is -0.142. The fourth-order valence-corrected chi connectivity index (χ4v) is 3.19. The molecule has 0 unspecified atom stereocenters. The predicted molar refractivity (Wildman–Crippen MR) is 71.5 cm³/mol. The van der Waals surface area contributed by atoms with Gasteiger partial charge in [0.05, 0.1) is 5.92 Å². The third kappa shape index (κ3) is 3.56. The van der Waals surface area contributed by atoms with Gasteiger partial charge < -0.3 is 5.11 Å². The average molecular weight is 321 g/mol. The van der Waals surface area contributed by atoms with E-state index in [9.17, 15) is 13.2 Å². The highest BCUT2D eigenvalue weighted by Crippen LogP contribution is 2.20. The van der Waals surface area contributed by atoms with Crippen molar-refractivity contribution in [1.29, 1.82) is 0 Å². The molecule has 1 aliphatic heterocycles.